The largest absolute Gasteiger partial charge is 0.484 e. The third-order valence-electron chi connectivity index (χ3n) is 4.57. The predicted molar refractivity (Wildman–Crippen MR) is 113 cm³/mol. The number of aromatic nitrogens is 2. The van der Waals surface area contributed by atoms with Crippen molar-refractivity contribution >= 4 is 51.5 Å². The maximum Gasteiger partial charge on any atom is 0.260 e. The van der Waals surface area contributed by atoms with Crippen LogP contribution in [-0.2, 0) is 9.59 Å². The maximum atomic E-state index is 12.3. The quantitative estimate of drug-likeness (QED) is 0.605. The first-order valence-electron chi connectivity index (χ1n) is 9.21. The number of nitrogens with one attached hydrogen (secondary N) is 1. The minimum absolute atomic E-state index is 0.00630. The number of anilines is 1. The summed E-state index contributed by atoms with van der Waals surface area (Å²) in [5.41, 5.74) is 1.22. The van der Waals surface area contributed by atoms with Gasteiger partial charge in [-0.25, -0.2) is 4.98 Å². The van der Waals surface area contributed by atoms with Gasteiger partial charge >= 0.3 is 0 Å². The number of imidazole rings is 1. The fourth-order valence-corrected chi connectivity index (χ4v) is 4.14. The van der Waals surface area contributed by atoms with E-state index in [2.05, 4.69) is 10.3 Å². The Labute approximate surface area is 176 Å². The molecule has 0 radical (unpaired) electrons. The van der Waals surface area contributed by atoms with Gasteiger partial charge in [-0.15, -0.1) is 11.3 Å². The fraction of sp³-hybridized carbons (Fsp3) is 0.250. The van der Waals surface area contributed by atoms with Crippen molar-refractivity contribution in [1.29, 1.82) is 0 Å². The number of amides is 2. The Balaban J connectivity index is 1.36. The second-order valence-corrected chi connectivity index (χ2v) is 7.80. The molecular weight excluding hydrogens is 412 g/mol. The lowest BCUT2D eigenvalue weighted by Crippen LogP contribution is -2.32. The van der Waals surface area contributed by atoms with Gasteiger partial charge in [0.25, 0.3) is 5.91 Å². The molecule has 4 rings (SSSR count). The summed E-state index contributed by atoms with van der Waals surface area (Å²) >= 11 is 7.59. The number of hydrogen-bond acceptors (Lipinski definition) is 5. The molecule has 0 bridgehead atoms. The third kappa shape index (κ3) is 4.60. The summed E-state index contributed by atoms with van der Waals surface area (Å²) in [5, 5.41) is 5.02. The van der Waals surface area contributed by atoms with E-state index in [1.807, 2.05) is 20.9 Å². The Bertz CT molecular complexity index is 1070. The van der Waals surface area contributed by atoms with Crippen LogP contribution < -0.4 is 10.1 Å². The van der Waals surface area contributed by atoms with Crippen LogP contribution >= 0.6 is 22.9 Å². The van der Waals surface area contributed by atoms with Crippen molar-refractivity contribution in [3.05, 3.63) is 52.8 Å². The average Bonchev–Trinajstić information content (AvgIpc) is 3.43. The molecule has 1 N–H and O–H groups in total. The summed E-state index contributed by atoms with van der Waals surface area (Å²) in [6.45, 7) is 1.58. The Kier molecular flexibility index (Phi) is 5.82. The number of carbonyl (C=O) groups is 2. The summed E-state index contributed by atoms with van der Waals surface area (Å²) in [6.07, 6.45) is 6.96. The number of hydrogen-bond donors (Lipinski definition) is 1. The molecule has 2 aromatic heterocycles. The molecule has 1 aliphatic heterocycles. The van der Waals surface area contributed by atoms with Crippen LogP contribution in [0, 0.1) is 0 Å². The number of fused-ring (bicyclic) bond motifs is 1. The van der Waals surface area contributed by atoms with Gasteiger partial charge in [-0.1, -0.05) is 17.7 Å². The van der Waals surface area contributed by atoms with Crippen molar-refractivity contribution < 1.29 is 14.3 Å². The molecule has 0 unspecified atom stereocenters. The zero-order valence-corrected chi connectivity index (χ0v) is 17.1. The molecule has 3 heterocycles. The number of ether oxygens (including phenoxy) is 1. The van der Waals surface area contributed by atoms with Gasteiger partial charge in [0.15, 0.2) is 16.7 Å². The van der Waals surface area contributed by atoms with Gasteiger partial charge in [-0.2, -0.15) is 0 Å². The molecule has 29 heavy (non-hydrogen) atoms. The SMILES string of the molecule is O=C(/C=C/c1c(Cl)nc2sccn12)Nc1cccc(OCC(=O)N2CCCC2)c1. The van der Waals surface area contributed by atoms with E-state index in [-0.39, 0.29) is 18.4 Å². The van der Waals surface area contributed by atoms with E-state index in [0.717, 1.165) is 30.9 Å². The van der Waals surface area contributed by atoms with E-state index >= 15 is 0 Å². The number of rotatable bonds is 6. The second-order valence-electron chi connectivity index (χ2n) is 6.57. The highest BCUT2D eigenvalue weighted by atomic mass is 35.5. The van der Waals surface area contributed by atoms with Gasteiger partial charge in [0.1, 0.15) is 5.75 Å². The molecule has 0 spiro atoms. The molecule has 150 valence electrons. The van der Waals surface area contributed by atoms with E-state index in [1.165, 1.54) is 17.4 Å². The van der Waals surface area contributed by atoms with Crippen molar-refractivity contribution in [3.8, 4) is 5.75 Å². The van der Waals surface area contributed by atoms with Crippen LogP contribution in [0.4, 0.5) is 5.69 Å². The number of halogens is 1. The van der Waals surface area contributed by atoms with Gasteiger partial charge in [-0.3, -0.25) is 14.0 Å². The molecule has 1 saturated heterocycles. The molecule has 1 aliphatic rings. The Morgan fingerprint density at radius 3 is 2.97 bits per heavy atom. The lowest BCUT2D eigenvalue weighted by Gasteiger charge is -2.15. The van der Waals surface area contributed by atoms with Gasteiger partial charge in [0, 0.05) is 42.5 Å². The number of benzene rings is 1. The lowest BCUT2D eigenvalue weighted by molar-refractivity contribution is -0.132. The van der Waals surface area contributed by atoms with E-state index < -0.39 is 0 Å². The van der Waals surface area contributed by atoms with Crippen molar-refractivity contribution in [1.82, 2.24) is 14.3 Å². The van der Waals surface area contributed by atoms with Crippen LogP contribution in [-0.4, -0.2) is 45.8 Å². The van der Waals surface area contributed by atoms with Crippen LogP contribution in [0.5, 0.6) is 5.75 Å². The summed E-state index contributed by atoms with van der Waals surface area (Å²) in [7, 11) is 0. The van der Waals surface area contributed by atoms with Crippen LogP contribution in [0.2, 0.25) is 5.15 Å². The maximum absolute atomic E-state index is 12.3. The first kappa shape index (κ1) is 19.5. The molecule has 0 atom stereocenters. The Morgan fingerprint density at radius 2 is 2.14 bits per heavy atom. The number of carbonyl (C=O) groups excluding carboxylic acids is 2. The molecule has 2 amide bonds. The topological polar surface area (TPSA) is 75.9 Å². The average molecular weight is 431 g/mol. The minimum Gasteiger partial charge on any atom is -0.484 e. The van der Waals surface area contributed by atoms with Crippen molar-refractivity contribution in [2.45, 2.75) is 12.8 Å². The highest BCUT2D eigenvalue weighted by Crippen LogP contribution is 2.22. The van der Waals surface area contributed by atoms with E-state index in [4.69, 9.17) is 16.3 Å². The first-order chi connectivity index (χ1) is 14.1. The van der Waals surface area contributed by atoms with Gasteiger partial charge in [-0.05, 0) is 31.1 Å². The van der Waals surface area contributed by atoms with Crippen LogP contribution in [0.1, 0.15) is 18.5 Å². The van der Waals surface area contributed by atoms with Crippen molar-refractivity contribution in [3.63, 3.8) is 0 Å². The standard InChI is InChI=1S/C20H19ClN4O3S/c21-19-16(25-10-11-29-20(25)23-19)6-7-17(26)22-14-4-3-5-15(12-14)28-13-18(27)24-8-1-2-9-24/h3-7,10-12H,1-2,8-9,13H2,(H,22,26)/b7-6+. The molecule has 0 aliphatic carbocycles. The van der Waals surface area contributed by atoms with E-state index in [1.54, 1.807) is 30.3 Å². The Morgan fingerprint density at radius 1 is 1.31 bits per heavy atom. The molecule has 7 nitrogen and oxygen atoms in total. The third-order valence-corrected chi connectivity index (χ3v) is 5.60. The van der Waals surface area contributed by atoms with Crippen LogP contribution in [0.3, 0.4) is 0 Å². The summed E-state index contributed by atoms with van der Waals surface area (Å²) in [4.78, 5) is 31.2. The van der Waals surface area contributed by atoms with E-state index in [0.29, 0.717) is 22.3 Å². The first-order valence-corrected chi connectivity index (χ1v) is 10.5. The number of likely N-dealkylation sites (tertiary alicyclic amines) is 1. The summed E-state index contributed by atoms with van der Waals surface area (Å²) in [5.74, 6) is 0.201. The minimum atomic E-state index is -0.309. The molecule has 0 saturated carbocycles. The fourth-order valence-electron chi connectivity index (χ4n) is 3.13. The monoisotopic (exact) mass is 430 g/mol. The van der Waals surface area contributed by atoms with Crippen LogP contribution in [0.25, 0.3) is 11.0 Å². The van der Waals surface area contributed by atoms with Crippen molar-refractivity contribution in [2.75, 3.05) is 25.0 Å². The second kappa shape index (κ2) is 8.67. The number of nitrogens with zero attached hydrogens (tertiary/aromatic N) is 3. The summed E-state index contributed by atoms with van der Waals surface area (Å²) < 4.78 is 7.41. The Hall–Kier alpha value is -2.84. The van der Waals surface area contributed by atoms with Crippen LogP contribution in [0.15, 0.2) is 41.9 Å². The lowest BCUT2D eigenvalue weighted by atomic mass is 10.3. The van der Waals surface area contributed by atoms with Gasteiger partial charge < -0.3 is 15.0 Å². The molecule has 3 aromatic rings. The van der Waals surface area contributed by atoms with Crippen molar-refractivity contribution in [2.24, 2.45) is 0 Å². The van der Waals surface area contributed by atoms with Gasteiger partial charge in [0.05, 0.1) is 5.69 Å². The normalized spacial score (nSPS) is 14.0. The summed E-state index contributed by atoms with van der Waals surface area (Å²) in [6, 6.07) is 6.95. The van der Waals surface area contributed by atoms with E-state index in [9.17, 15) is 9.59 Å². The zero-order chi connectivity index (χ0) is 20.2. The zero-order valence-electron chi connectivity index (χ0n) is 15.5. The smallest absolute Gasteiger partial charge is 0.260 e. The molecule has 1 fully saturated rings. The predicted octanol–water partition coefficient (Wildman–Crippen LogP) is 3.70. The molecule has 1 aromatic carbocycles. The highest BCUT2D eigenvalue weighted by Gasteiger charge is 2.18. The molecular formula is C20H19ClN4O3S. The highest BCUT2D eigenvalue weighted by molar-refractivity contribution is 7.15. The van der Waals surface area contributed by atoms with Gasteiger partial charge in [0.2, 0.25) is 5.91 Å². The molecule has 9 heteroatoms. The number of thiazole rings is 1.